The number of amides is 1. The van der Waals surface area contributed by atoms with Crippen molar-refractivity contribution in [2.24, 2.45) is 0 Å². The molecule has 0 spiro atoms. The normalized spacial score (nSPS) is 16.1. The third-order valence-corrected chi connectivity index (χ3v) is 3.97. The molecule has 8 nitrogen and oxygen atoms in total. The molecular formula is C12H17N7OS. The second kappa shape index (κ2) is 6.19. The maximum atomic E-state index is 11.9. The first-order chi connectivity index (χ1) is 10.2. The van der Waals surface area contributed by atoms with Crippen molar-refractivity contribution < 1.29 is 4.79 Å². The van der Waals surface area contributed by atoms with Crippen molar-refractivity contribution in [1.29, 1.82) is 0 Å². The number of piperazine rings is 1. The average Bonchev–Trinajstić information content (AvgIpc) is 3.11. The summed E-state index contributed by atoms with van der Waals surface area (Å²) in [6, 6.07) is 0. The zero-order valence-corrected chi connectivity index (χ0v) is 12.6. The van der Waals surface area contributed by atoms with Crippen molar-refractivity contribution in [1.82, 2.24) is 25.1 Å². The van der Waals surface area contributed by atoms with Gasteiger partial charge in [0.25, 0.3) is 0 Å². The summed E-state index contributed by atoms with van der Waals surface area (Å²) in [4.78, 5) is 24.5. The van der Waals surface area contributed by atoms with Crippen molar-refractivity contribution in [3.63, 3.8) is 0 Å². The minimum absolute atomic E-state index is 0.0212. The smallest absolute Gasteiger partial charge is 0.244 e. The van der Waals surface area contributed by atoms with E-state index in [1.54, 1.807) is 6.20 Å². The van der Waals surface area contributed by atoms with Crippen LogP contribution in [0.4, 0.5) is 11.1 Å². The van der Waals surface area contributed by atoms with E-state index in [9.17, 15) is 4.79 Å². The maximum Gasteiger partial charge on any atom is 0.244 e. The third kappa shape index (κ3) is 3.56. The van der Waals surface area contributed by atoms with E-state index in [0.717, 1.165) is 38.0 Å². The summed E-state index contributed by atoms with van der Waals surface area (Å²) in [7, 11) is 0. The van der Waals surface area contributed by atoms with Crippen LogP contribution >= 0.6 is 11.3 Å². The Morgan fingerprint density at radius 1 is 1.43 bits per heavy atom. The van der Waals surface area contributed by atoms with Gasteiger partial charge in [0.1, 0.15) is 5.82 Å². The Labute approximate surface area is 126 Å². The molecule has 2 aromatic rings. The molecule has 0 atom stereocenters. The number of rotatable bonds is 4. The Morgan fingerprint density at radius 3 is 2.86 bits per heavy atom. The molecule has 0 bridgehead atoms. The Bertz CT molecular complexity index is 589. The van der Waals surface area contributed by atoms with E-state index >= 15 is 0 Å². The highest BCUT2D eigenvalue weighted by Gasteiger charge is 2.21. The van der Waals surface area contributed by atoms with Gasteiger partial charge in [-0.1, -0.05) is 0 Å². The van der Waals surface area contributed by atoms with E-state index in [1.165, 1.54) is 11.3 Å². The van der Waals surface area contributed by atoms with Gasteiger partial charge >= 0.3 is 0 Å². The molecule has 0 aromatic carbocycles. The van der Waals surface area contributed by atoms with Crippen LogP contribution < -0.4 is 10.2 Å². The van der Waals surface area contributed by atoms with Gasteiger partial charge < -0.3 is 10.2 Å². The Balaban J connectivity index is 1.46. The molecule has 112 valence electrons. The van der Waals surface area contributed by atoms with Crippen LogP contribution in [0.3, 0.4) is 0 Å². The number of nitrogens with zero attached hydrogens (tertiary/aromatic N) is 5. The van der Waals surface area contributed by atoms with Gasteiger partial charge in [-0.15, -0.1) is 16.4 Å². The lowest BCUT2D eigenvalue weighted by molar-refractivity contribution is -0.117. The predicted octanol–water partition coefficient (Wildman–Crippen LogP) is 0.330. The summed E-state index contributed by atoms with van der Waals surface area (Å²) in [6.45, 7) is 5.55. The molecule has 21 heavy (non-hydrogen) atoms. The fourth-order valence-corrected chi connectivity index (χ4v) is 2.77. The number of thiazole rings is 1. The number of hydrogen-bond acceptors (Lipinski definition) is 7. The SMILES string of the molecule is Cc1nc(N2CCN(CC(=O)Nc3nccs3)CC2)n[nH]1. The third-order valence-electron chi connectivity index (χ3n) is 3.29. The van der Waals surface area contributed by atoms with Gasteiger partial charge in [0.2, 0.25) is 11.9 Å². The fourth-order valence-electron chi connectivity index (χ4n) is 2.23. The number of aromatic amines is 1. The zero-order chi connectivity index (χ0) is 14.7. The Morgan fingerprint density at radius 2 is 2.24 bits per heavy atom. The molecule has 2 aromatic heterocycles. The standard InChI is InChI=1S/C12H17N7OS/c1-9-14-11(17-16-9)19-5-3-18(4-6-19)8-10(20)15-12-13-2-7-21-12/h2,7H,3-6,8H2,1H3,(H,13,15,20)(H,14,16,17). The second-order valence-electron chi connectivity index (χ2n) is 4.87. The highest BCUT2D eigenvalue weighted by Crippen LogP contribution is 2.12. The van der Waals surface area contributed by atoms with Crippen LogP contribution in [-0.2, 0) is 4.79 Å². The Hall–Kier alpha value is -2.00. The van der Waals surface area contributed by atoms with Crippen LogP contribution in [0.25, 0.3) is 0 Å². The van der Waals surface area contributed by atoms with E-state index in [1.807, 2.05) is 12.3 Å². The van der Waals surface area contributed by atoms with Crippen LogP contribution in [0, 0.1) is 6.92 Å². The lowest BCUT2D eigenvalue weighted by atomic mass is 10.3. The van der Waals surface area contributed by atoms with E-state index < -0.39 is 0 Å². The lowest BCUT2D eigenvalue weighted by Gasteiger charge is -2.33. The predicted molar refractivity (Wildman–Crippen MR) is 80.5 cm³/mol. The molecule has 1 aliphatic rings. The molecular weight excluding hydrogens is 290 g/mol. The van der Waals surface area contributed by atoms with Gasteiger partial charge in [-0.3, -0.25) is 14.8 Å². The number of nitrogens with one attached hydrogen (secondary N) is 2. The summed E-state index contributed by atoms with van der Waals surface area (Å²) in [6.07, 6.45) is 1.68. The molecule has 3 rings (SSSR count). The Kier molecular flexibility index (Phi) is 4.11. The van der Waals surface area contributed by atoms with Gasteiger partial charge in [-0.05, 0) is 6.92 Å². The highest BCUT2D eigenvalue weighted by atomic mass is 32.1. The summed E-state index contributed by atoms with van der Waals surface area (Å²) >= 11 is 1.42. The minimum Gasteiger partial charge on any atom is -0.337 e. The van der Waals surface area contributed by atoms with Gasteiger partial charge in [0.15, 0.2) is 5.13 Å². The van der Waals surface area contributed by atoms with Crippen LogP contribution in [0.1, 0.15) is 5.82 Å². The zero-order valence-electron chi connectivity index (χ0n) is 11.7. The summed E-state index contributed by atoms with van der Waals surface area (Å²) in [5.74, 6) is 1.53. The molecule has 3 heterocycles. The quantitative estimate of drug-likeness (QED) is 0.846. The first kappa shape index (κ1) is 14.0. The minimum atomic E-state index is -0.0212. The van der Waals surface area contributed by atoms with Crippen LogP contribution in [0.5, 0.6) is 0 Å². The largest absolute Gasteiger partial charge is 0.337 e. The van der Waals surface area contributed by atoms with E-state index in [4.69, 9.17) is 0 Å². The second-order valence-corrected chi connectivity index (χ2v) is 5.76. The van der Waals surface area contributed by atoms with E-state index in [0.29, 0.717) is 11.7 Å². The number of anilines is 2. The maximum absolute atomic E-state index is 11.9. The van der Waals surface area contributed by atoms with Gasteiger partial charge in [-0.2, -0.15) is 4.98 Å². The van der Waals surface area contributed by atoms with Crippen molar-refractivity contribution in [3.05, 3.63) is 17.4 Å². The van der Waals surface area contributed by atoms with Gasteiger partial charge in [0.05, 0.1) is 6.54 Å². The first-order valence-electron chi connectivity index (χ1n) is 6.76. The molecule has 1 saturated heterocycles. The molecule has 1 amide bonds. The summed E-state index contributed by atoms with van der Waals surface area (Å²) < 4.78 is 0. The van der Waals surface area contributed by atoms with Gasteiger partial charge in [0, 0.05) is 37.8 Å². The molecule has 0 saturated carbocycles. The molecule has 1 fully saturated rings. The molecule has 1 aliphatic heterocycles. The number of carbonyl (C=O) groups is 1. The van der Waals surface area contributed by atoms with Crippen molar-refractivity contribution in [2.45, 2.75) is 6.92 Å². The van der Waals surface area contributed by atoms with Crippen LogP contribution in [0.2, 0.25) is 0 Å². The average molecular weight is 307 g/mol. The molecule has 0 aliphatic carbocycles. The fraction of sp³-hybridized carbons (Fsp3) is 0.500. The summed E-state index contributed by atoms with van der Waals surface area (Å²) in [5.41, 5.74) is 0. The topological polar surface area (TPSA) is 90.0 Å². The molecule has 2 N–H and O–H groups in total. The first-order valence-corrected chi connectivity index (χ1v) is 7.64. The van der Waals surface area contributed by atoms with E-state index in [-0.39, 0.29) is 5.91 Å². The molecule has 0 radical (unpaired) electrons. The van der Waals surface area contributed by atoms with Crippen molar-refractivity contribution in [2.75, 3.05) is 42.9 Å². The molecule has 9 heteroatoms. The van der Waals surface area contributed by atoms with Crippen LogP contribution in [0.15, 0.2) is 11.6 Å². The van der Waals surface area contributed by atoms with Gasteiger partial charge in [-0.25, -0.2) is 4.98 Å². The number of hydrogen-bond donors (Lipinski definition) is 2. The van der Waals surface area contributed by atoms with Crippen molar-refractivity contribution in [3.8, 4) is 0 Å². The molecule has 0 unspecified atom stereocenters. The summed E-state index contributed by atoms with van der Waals surface area (Å²) in [5, 5.41) is 12.3. The number of carbonyl (C=O) groups excluding carboxylic acids is 1. The number of H-pyrrole nitrogens is 1. The monoisotopic (exact) mass is 307 g/mol. The van der Waals surface area contributed by atoms with E-state index in [2.05, 4.69) is 35.3 Å². The number of aryl methyl sites for hydroxylation is 1. The number of aromatic nitrogens is 4. The lowest BCUT2D eigenvalue weighted by Crippen LogP contribution is -2.49. The highest BCUT2D eigenvalue weighted by molar-refractivity contribution is 7.13. The van der Waals surface area contributed by atoms with Crippen molar-refractivity contribution >= 4 is 28.3 Å². The van der Waals surface area contributed by atoms with Crippen LogP contribution in [-0.4, -0.2) is 63.7 Å².